The first kappa shape index (κ1) is 39.9. The quantitative estimate of drug-likeness (QED) is 0.0908. The summed E-state index contributed by atoms with van der Waals surface area (Å²) in [5.74, 6) is 0.980. The number of para-hydroxylation sites is 1. The molecule has 0 unspecified atom stereocenters. The van der Waals surface area contributed by atoms with Crippen LogP contribution in [0.15, 0.2) is 255 Å². The van der Waals surface area contributed by atoms with Crippen LogP contribution >= 0.6 is 11.3 Å². The van der Waals surface area contributed by atoms with E-state index in [4.69, 9.17) is 9.97 Å². The van der Waals surface area contributed by atoms with Gasteiger partial charge in [-0.2, -0.15) is 0 Å². The summed E-state index contributed by atoms with van der Waals surface area (Å²) >= 11 is 1.88. The zero-order chi connectivity index (χ0) is 45.5. The second-order valence-electron chi connectivity index (χ2n) is 18.1. The maximum Gasteiger partial charge on any atom is 0.186 e. The van der Waals surface area contributed by atoms with Gasteiger partial charge < -0.3 is 0 Å². The Labute approximate surface area is 405 Å². The largest absolute Gasteiger partial charge is 0.299 e. The number of imidazole rings is 1. The standard InChI is InChI=1S/C62H42N4SSi2/c1-5-20-44(21-6-1)68(45-22-7-2-8-23-45,49-34-35-50-51-29-13-15-31-55(51)65-38-37-64-61(65)54(50)40-49)48-28-17-19-43(39-48)66-56-42-58-53(52-30-14-16-32-57(52)67-58)41-60(56)69(46-24-9-3-10-25-46,47-26-11-4-12-27-47)59-33-18-36-63-62(59)66/h1-42H. The molecule has 0 atom stereocenters. The van der Waals surface area contributed by atoms with E-state index in [9.17, 15) is 0 Å². The van der Waals surface area contributed by atoms with Gasteiger partial charge in [0.15, 0.2) is 16.1 Å². The Hall–Kier alpha value is -8.21. The molecule has 1 aliphatic heterocycles. The lowest BCUT2D eigenvalue weighted by Crippen LogP contribution is -2.77. The number of rotatable bonds is 7. The fourth-order valence-corrected chi connectivity index (χ4v) is 22.8. The van der Waals surface area contributed by atoms with Crippen LogP contribution in [0.5, 0.6) is 0 Å². The van der Waals surface area contributed by atoms with Crippen molar-refractivity contribution < 1.29 is 0 Å². The molecule has 5 heterocycles. The Morgan fingerprint density at radius 2 is 1.04 bits per heavy atom. The Morgan fingerprint density at radius 1 is 0.406 bits per heavy atom. The summed E-state index contributed by atoms with van der Waals surface area (Å²) in [5.41, 5.74) is 4.39. The van der Waals surface area contributed by atoms with E-state index < -0.39 is 16.1 Å². The van der Waals surface area contributed by atoms with E-state index in [-0.39, 0.29) is 0 Å². The lowest BCUT2D eigenvalue weighted by Gasteiger charge is -2.44. The number of benzene rings is 9. The van der Waals surface area contributed by atoms with Gasteiger partial charge in [-0.05, 0) is 83.3 Å². The summed E-state index contributed by atoms with van der Waals surface area (Å²) in [6, 6.07) is 88.9. The third kappa shape index (κ3) is 5.79. The van der Waals surface area contributed by atoms with Crippen molar-refractivity contribution in [2.24, 2.45) is 0 Å². The summed E-state index contributed by atoms with van der Waals surface area (Å²) in [4.78, 5) is 13.0. The molecule has 0 spiro atoms. The molecule has 324 valence electrons. The van der Waals surface area contributed by atoms with E-state index in [2.05, 4.69) is 252 Å². The molecule has 0 amide bonds. The normalized spacial score (nSPS) is 13.3. The van der Waals surface area contributed by atoms with Crippen molar-refractivity contribution in [3.63, 3.8) is 0 Å². The maximum atomic E-state index is 5.46. The van der Waals surface area contributed by atoms with E-state index in [1.54, 1.807) is 0 Å². The molecule has 13 aromatic rings. The van der Waals surface area contributed by atoms with E-state index in [1.165, 1.54) is 78.1 Å². The van der Waals surface area contributed by atoms with Crippen LogP contribution in [0.1, 0.15) is 0 Å². The molecule has 0 fully saturated rings. The van der Waals surface area contributed by atoms with Crippen molar-refractivity contribution in [2.75, 3.05) is 4.90 Å². The van der Waals surface area contributed by atoms with Crippen LogP contribution in [0, 0.1) is 0 Å². The number of anilines is 3. The van der Waals surface area contributed by atoms with Gasteiger partial charge in [-0.3, -0.25) is 9.30 Å². The fraction of sp³-hybridized carbons (Fsp3) is 0. The van der Waals surface area contributed by atoms with Gasteiger partial charge >= 0.3 is 0 Å². The molecule has 0 saturated carbocycles. The molecule has 7 heteroatoms. The fourth-order valence-electron chi connectivity index (χ4n) is 11.9. The number of fused-ring (bicyclic) bond motifs is 11. The van der Waals surface area contributed by atoms with Crippen molar-refractivity contribution in [1.29, 1.82) is 0 Å². The highest BCUT2D eigenvalue weighted by Gasteiger charge is 2.50. The van der Waals surface area contributed by atoms with Crippen LogP contribution < -0.4 is 46.4 Å². The highest BCUT2D eigenvalue weighted by molar-refractivity contribution is 7.26. The van der Waals surface area contributed by atoms with Gasteiger partial charge in [-0.1, -0.05) is 200 Å². The molecular weight excluding hydrogens is 889 g/mol. The molecule has 0 aliphatic carbocycles. The summed E-state index contributed by atoms with van der Waals surface area (Å²) in [5, 5.41) is 16.7. The van der Waals surface area contributed by atoms with Crippen LogP contribution in [-0.4, -0.2) is 30.5 Å². The molecule has 0 saturated heterocycles. The third-order valence-corrected chi connectivity index (χ3v) is 25.4. The van der Waals surface area contributed by atoms with E-state index in [0.29, 0.717) is 0 Å². The first-order valence-corrected chi connectivity index (χ1v) is 28.4. The average molecular weight is 931 g/mol. The SMILES string of the molecule is c1ccc([Si](c2ccccc2)(c2cccc(N3c4cc5sc6ccccc6c5cc4[Si](c4ccccc4)(c4ccccc4)c4cccnc43)c2)c2ccc3c4ccccc4n4ccnc4c3c2)cc1. The Balaban J connectivity index is 1.08. The molecule has 14 rings (SSSR count). The van der Waals surface area contributed by atoms with Gasteiger partial charge in [0.25, 0.3) is 0 Å². The van der Waals surface area contributed by atoms with E-state index in [0.717, 1.165) is 28.1 Å². The molecule has 0 radical (unpaired) electrons. The van der Waals surface area contributed by atoms with Crippen molar-refractivity contribution in [2.45, 2.75) is 0 Å². The van der Waals surface area contributed by atoms with Crippen LogP contribution in [0.2, 0.25) is 0 Å². The molecule has 4 nitrogen and oxygen atoms in total. The summed E-state index contributed by atoms with van der Waals surface area (Å²) in [6.45, 7) is 0. The van der Waals surface area contributed by atoms with Crippen LogP contribution in [-0.2, 0) is 0 Å². The zero-order valence-electron chi connectivity index (χ0n) is 37.4. The predicted octanol–water partition coefficient (Wildman–Crippen LogP) is 9.94. The van der Waals surface area contributed by atoms with Crippen molar-refractivity contribution in [1.82, 2.24) is 14.4 Å². The molecule has 9 aromatic carbocycles. The number of thiophene rings is 1. The van der Waals surface area contributed by atoms with Gasteiger partial charge in [0, 0.05) is 60.9 Å². The second-order valence-corrected chi connectivity index (χ2v) is 26.7. The third-order valence-electron chi connectivity index (χ3n) is 14.7. The Bertz CT molecular complexity index is 4020. The summed E-state index contributed by atoms with van der Waals surface area (Å²) in [6.07, 6.45) is 6.00. The number of pyridine rings is 2. The first-order chi connectivity index (χ1) is 34.2. The topological polar surface area (TPSA) is 33.4 Å². The van der Waals surface area contributed by atoms with Gasteiger partial charge in [0.1, 0.15) is 11.5 Å². The molecule has 1 aliphatic rings. The van der Waals surface area contributed by atoms with Crippen LogP contribution in [0.25, 0.3) is 47.5 Å². The van der Waals surface area contributed by atoms with Crippen LogP contribution in [0.4, 0.5) is 17.2 Å². The lowest BCUT2D eigenvalue weighted by molar-refractivity contribution is 1.19. The second kappa shape index (κ2) is 15.7. The highest BCUT2D eigenvalue weighted by atomic mass is 32.1. The lowest BCUT2D eigenvalue weighted by atomic mass is 10.1. The average Bonchev–Trinajstić information content (AvgIpc) is 4.07. The molecule has 4 aromatic heterocycles. The number of hydrogen-bond acceptors (Lipinski definition) is 4. The number of nitrogens with zero attached hydrogens (tertiary/aromatic N) is 4. The monoisotopic (exact) mass is 930 g/mol. The minimum Gasteiger partial charge on any atom is -0.299 e. The Morgan fingerprint density at radius 3 is 1.78 bits per heavy atom. The molecule has 0 N–H and O–H groups in total. The summed E-state index contributed by atoms with van der Waals surface area (Å²) in [7, 11) is -6.10. The van der Waals surface area contributed by atoms with Gasteiger partial charge in [0.05, 0.1) is 5.52 Å². The van der Waals surface area contributed by atoms with Gasteiger partial charge in [-0.15, -0.1) is 11.3 Å². The Kier molecular flexibility index (Phi) is 9.07. The van der Waals surface area contributed by atoms with Gasteiger partial charge in [-0.25, -0.2) is 9.97 Å². The van der Waals surface area contributed by atoms with Crippen molar-refractivity contribution in [3.05, 3.63) is 255 Å². The number of hydrogen-bond donors (Lipinski definition) is 0. The highest BCUT2D eigenvalue weighted by Crippen LogP contribution is 2.42. The molecule has 0 bridgehead atoms. The van der Waals surface area contributed by atoms with Crippen molar-refractivity contribution >= 4 is 134 Å². The van der Waals surface area contributed by atoms with Crippen molar-refractivity contribution in [3.8, 4) is 0 Å². The molecule has 69 heavy (non-hydrogen) atoms. The smallest absolute Gasteiger partial charge is 0.186 e. The maximum absolute atomic E-state index is 5.46. The minimum atomic E-state index is -3.10. The minimum absolute atomic E-state index is 0.966. The number of aromatic nitrogens is 3. The van der Waals surface area contributed by atoms with Crippen LogP contribution in [0.3, 0.4) is 0 Å². The molecular formula is C62H42N4SSi2. The zero-order valence-corrected chi connectivity index (χ0v) is 40.3. The summed E-state index contributed by atoms with van der Waals surface area (Å²) < 4.78 is 4.81. The predicted molar refractivity (Wildman–Crippen MR) is 296 cm³/mol. The van der Waals surface area contributed by atoms with Gasteiger partial charge in [0.2, 0.25) is 0 Å². The van der Waals surface area contributed by atoms with E-state index in [1.807, 2.05) is 23.7 Å². The van der Waals surface area contributed by atoms with E-state index >= 15 is 0 Å². The first-order valence-electron chi connectivity index (χ1n) is 23.5.